The van der Waals surface area contributed by atoms with Crippen molar-refractivity contribution in [1.29, 1.82) is 0 Å². The summed E-state index contributed by atoms with van der Waals surface area (Å²) in [6, 6.07) is 0. The van der Waals surface area contributed by atoms with Gasteiger partial charge in [-0.3, -0.25) is 0 Å². The minimum Gasteiger partial charge on any atom is -0.450 e. The molecule has 0 aromatic carbocycles. The van der Waals surface area contributed by atoms with Crippen LogP contribution in [0.1, 0.15) is 27.7 Å². The summed E-state index contributed by atoms with van der Waals surface area (Å²) >= 11 is 0. The van der Waals surface area contributed by atoms with Crippen LogP contribution in [-0.4, -0.2) is 35.7 Å². The molecule has 0 aliphatic rings. The van der Waals surface area contributed by atoms with Crippen molar-refractivity contribution >= 4 is 12.1 Å². The van der Waals surface area contributed by atoms with Gasteiger partial charge in [0.1, 0.15) is 0 Å². The zero-order valence-electron chi connectivity index (χ0n) is 10.9. The third-order valence-electron chi connectivity index (χ3n) is 1.34. The van der Waals surface area contributed by atoms with E-state index >= 15 is 0 Å². The minimum atomic E-state index is -1.51. The third kappa shape index (κ3) is 8.54. The van der Waals surface area contributed by atoms with E-state index in [0.29, 0.717) is 0 Å². The van der Waals surface area contributed by atoms with Crippen molar-refractivity contribution in [1.82, 2.24) is 0 Å². The van der Waals surface area contributed by atoms with Crippen LogP contribution in [0.4, 0.5) is 4.79 Å². The van der Waals surface area contributed by atoms with E-state index in [2.05, 4.69) is 11.3 Å². The molecule has 1 atom stereocenters. The number of ether oxygens (including phenoxy) is 2. The Labute approximate surface area is 105 Å². The molecule has 1 N–H and O–H groups in total. The molecule has 7 nitrogen and oxygen atoms in total. The van der Waals surface area contributed by atoms with E-state index in [1.54, 1.807) is 20.8 Å². The highest BCUT2D eigenvalue weighted by Crippen LogP contribution is 2.11. The van der Waals surface area contributed by atoms with E-state index in [1.165, 1.54) is 6.92 Å². The molecule has 0 aromatic heterocycles. The number of carboxylic acid groups (broad SMARTS) is 1. The average molecular weight is 262 g/mol. The van der Waals surface area contributed by atoms with Crippen molar-refractivity contribution in [2.45, 2.75) is 39.6 Å². The van der Waals surface area contributed by atoms with E-state index in [0.717, 1.165) is 0 Å². The first-order valence-electron chi connectivity index (χ1n) is 5.18. The Kier molecular flexibility index (Phi) is 6.35. The van der Waals surface area contributed by atoms with Crippen molar-refractivity contribution in [2.75, 3.05) is 6.61 Å². The van der Waals surface area contributed by atoms with E-state index in [-0.39, 0.29) is 5.57 Å². The molecule has 0 saturated heterocycles. The smallest absolute Gasteiger partial charge is 0.450 e. The van der Waals surface area contributed by atoms with Crippen LogP contribution in [0.15, 0.2) is 12.2 Å². The molecule has 0 saturated carbocycles. The van der Waals surface area contributed by atoms with Gasteiger partial charge in [-0.15, -0.1) is 0 Å². The van der Waals surface area contributed by atoms with Gasteiger partial charge in [-0.2, -0.15) is 4.89 Å². The van der Waals surface area contributed by atoms with E-state index in [9.17, 15) is 9.59 Å². The molecule has 1 unspecified atom stereocenters. The van der Waals surface area contributed by atoms with Crippen LogP contribution in [-0.2, 0) is 24.0 Å². The Morgan fingerprint density at radius 1 is 1.33 bits per heavy atom. The second-order valence-electron chi connectivity index (χ2n) is 4.48. The first kappa shape index (κ1) is 16.4. The molecule has 0 aliphatic heterocycles. The van der Waals surface area contributed by atoms with Crippen molar-refractivity contribution in [3.05, 3.63) is 12.2 Å². The number of carbonyl (C=O) groups excluding carboxylic acids is 1. The average Bonchev–Trinajstić information content (AvgIpc) is 2.20. The minimum absolute atomic E-state index is 0.148. The van der Waals surface area contributed by atoms with Gasteiger partial charge in [-0.05, 0) is 27.7 Å². The molecule has 0 amide bonds. The summed E-state index contributed by atoms with van der Waals surface area (Å²) in [5.74, 6) is -0.730. The molecule has 18 heavy (non-hydrogen) atoms. The lowest BCUT2D eigenvalue weighted by Gasteiger charge is -2.22. The topological polar surface area (TPSA) is 91.3 Å². The van der Waals surface area contributed by atoms with Gasteiger partial charge < -0.3 is 14.6 Å². The lowest BCUT2D eigenvalue weighted by atomic mass is 10.2. The number of carbonyl (C=O) groups is 2. The van der Waals surface area contributed by atoms with Crippen molar-refractivity contribution in [3.8, 4) is 0 Å². The van der Waals surface area contributed by atoms with Crippen LogP contribution in [0.5, 0.6) is 0 Å². The monoisotopic (exact) mass is 262 g/mol. The molecule has 0 bridgehead atoms. The molecule has 0 aromatic rings. The Hall–Kier alpha value is -1.60. The molecule has 0 aliphatic carbocycles. The molecular weight excluding hydrogens is 244 g/mol. The van der Waals surface area contributed by atoms with Gasteiger partial charge in [-0.25, -0.2) is 14.5 Å². The second-order valence-corrected chi connectivity index (χ2v) is 4.48. The van der Waals surface area contributed by atoms with Gasteiger partial charge in [0, 0.05) is 5.57 Å². The Balaban J connectivity index is 4.37. The number of hydrogen-bond acceptors (Lipinski definition) is 6. The summed E-state index contributed by atoms with van der Waals surface area (Å²) in [6.07, 6.45) is -2.80. The maximum Gasteiger partial charge on any atom is 0.505 e. The first-order chi connectivity index (χ1) is 8.11. The zero-order chi connectivity index (χ0) is 14.3. The zero-order valence-corrected chi connectivity index (χ0v) is 10.9. The van der Waals surface area contributed by atoms with Crippen molar-refractivity contribution < 1.29 is 33.9 Å². The van der Waals surface area contributed by atoms with Crippen LogP contribution in [0, 0.1) is 0 Å². The second kappa shape index (κ2) is 6.97. The van der Waals surface area contributed by atoms with Gasteiger partial charge in [0.15, 0.2) is 6.61 Å². The molecule has 7 heteroatoms. The lowest BCUT2D eigenvalue weighted by Crippen LogP contribution is -2.31. The Morgan fingerprint density at radius 3 is 2.28 bits per heavy atom. The van der Waals surface area contributed by atoms with Gasteiger partial charge in [0.25, 0.3) is 6.29 Å². The summed E-state index contributed by atoms with van der Waals surface area (Å²) in [5.41, 5.74) is -0.494. The van der Waals surface area contributed by atoms with Gasteiger partial charge in [0.2, 0.25) is 0 Å². The van der Waals surface area contributed by atoms with Crippen molar-refractivity contribution in [3.63, 3.8) is 0 Å². The van der Waals surface area contributed by atoms with Crippen LogP contribution in [0.2, 0.25) is 0 Å². The predicted molar refractivity (Wildman–Crippen MR) is 60.6 cm³/mol. The molecule has 104 valence electrons. The summed E-state index contributed by atoms with van der Waals surface area (Å²) in [6.45, 7) is 9.47. The fraction of sp³-hybridized carbons (Fsp3) is 0.636. The summed E-state index contributed by atoms with van der Waals surface area (Å²) in [5, 5.41) is 8.36. The van der Waals surface area contributed by atoms with Gasteiger partial charge in [0.05, 0.1) is 5.60 Å². The number of rotatable bonds is 6. The largest absolute Gasteiger partial charge is 0.505 e. The highest BCUT2D eigenvalue weighted by atomic mass is 17.2. The van der Waals surface area contributed by atoms with Crippen LogP contribution >= 0.6 is 0 Å². The Bertz CT molecular complexity index is 316. The van der Waals surface area contributed by atoms with E-state index in [4.69, 9.17) is 19.6 Å². The normalized spacial score (nSPS) is 12.7. The highest BCUT2D eigenvalue weighted by Gasteiger charge is 2.22. The van der Waals surface area contributed by atoms with Gasteiger partial charge >= 0.3 is 12.1 Å². The summed E-state index contributed by atoms with van der Waals surface area (Å²) in [4.78, 5) is 31.2. The first-order valence-corrected chi connectivity index (χ1v) is 5.18. The lowest BCUT2D eigenvalue weighted by molar-refractivity contribution is -0.412. The third-order valence-corrected chi connectivity index (χ3v) is 1.34. The van der Waals surface area contributed by atoms with Crippen LogP contribution in [0.3, 0.4) is 0 Å². The number of hydrogen-bond donors (Lipinski definition) is 1. The van der Waals surface area contributed by atoms with Crippen LogP contribution in [0.25, 0.3) is 0 Å². The van der Waals surface area contributed by atoms with E-state index < -0.39 is 30.6 Å². The molecule has 0 rings (SSSR count). The van der Waals surface area contributed by atoms with Crippen molar-refractivity contribution in [2.24, 2.45) is 0 Å². The fourth-order valence-electron chi connectivity index (χ4n) is 0.639. The maximum absolute atomic E-state index is 11.3. The number of esters is 1. The summed E-state index contributed by atoms with van der Waals surface area (Å²) in [7, 11) is 0. The Morgan fingerprint density at radius 2 is 1.89 bits per heavy atom. The van der Waals surface area contributed by atoms with E-state index in [1.807, 2.05) is 0 Å². The fourth-order valence-corrected chi connectivity index (χ4v) is 0.639. The predicted octanol–water partition coefficient (Wildman–Crippen LogP) is 1.87. The maximum atomic E-state index is 11.3. The summed E-state index contributed by atoms with van der Waals surface area (Å²) < 4.78 is 9.04. The highest BCUT2D eigenvalue weighted by molar-refractivity contribution is 5.87. The molecule has 0 fully saturated rings. The standard InChI is InChI=1S/C11H18O7/c1-7(2)9(12)16-8(6-15-10(13)14)17-18-11(3,4)5/h8H,1,6H2,2-5H3,(H,13,14). The quantitative estimate of drug-likeness (QED) is 0.257. The molecule has 0 heterocycles. The van der Waals surface area contributed by atoms with Gasteiger partial charge in [-0.1, -0.05) is 6.58 Å². The molecule has 0 spiro atoms. The molecule has 0 radical (unpaired) electrons. The van der Waals surface area contributed by atoms with Crippen LogP contribution < -0.4 is 0 Å². The molecular formula is C11H18O7. The SMILES string of the molecule is C=C(C)C(=O)OC(COC(=O)O)OOC(C)(C)C.